The van der Waals surface area contributed by atoms with E-state index in [0.717, 1.165) is 15.8 Å². The minimum Gasteiger partial charge on any atom is -0.318 e. The summed E-state index contributed by atoms with van der Waals surface area (Å²) >= 11 is 7.64. The van der Waals surface area contributed by atoms with Crippen molar-refractivity contribution in [3.8, 4) is 0 Å². The standard InChI is InChI=1S/C14H13ClN4OS/c1-8-7-16-19(3)11(8)13(20)17-14-18(2)12-9(15)5-4-6-10(12)21-14/h4-7H,1-3H3. The van der Waals surface area contributed by atoms with E-state index in [9.17, 15) is 4.79 Å². The molecule has 0 fully saturated rings. The molecule has 2 heterocycles. The number of para-hydroxylation sites is 1. The van der Waals surface area contributed by atoms with Gasteiger partial charge in [0.2, 0.25) is 0 Å². The van der Waals surface area contributed by atoms with Crippen molar-refractivity contribution in [2.45, 2.75) is 6.92 Å². The Hall–Kier alpha value is -1.92. The van der Waals surface area contributed by atoms with Crippen LogP contribution in [0.4, 0.5) is 0 Å². The zero-order chi connectivity index (χ0) is 15.1. The second kappa shape index (κ2) is 5.13. The molecule has 5 nitrogen and oxygen atoms in total. The largest absolute Gasteiger partial charge is 0.318 e. The van der Waals surface area contributed by atoms with Crippen LogP contribution >= 0.6 is 22.9 Å². The van der Waals surface area contributed by atoms with Crippen LogP contribution in [0, 0.1) is 6.92 Å². The first kappa shape index (κ1) is 14.0. The van der Waals surface area contributed by atoms with Crippen molar-refractivity contribution in [2.75, 3.05) is 0 Å². The molecular formula is C14H13ClN4OS. The molecule has 0 atom stereocenters. The number of hydrogen-bond donors (Lipinski definition) is 0. The molecule has 0 aliphatic carbocycles. The summed E-state index contributed by atoms with van der Waals surface area (Å²) in [5, 5.41) is 4.72. The van der Waals surface area contributed by atoms with Crippen LogP contribution < -0.4 is 4.80 Å². The molecule has 21 heavy (non-hydrogen) atoms. The Morgan fingerprint density at radius 2 is 2.14 bits per heavy atom. The molecule has 0 radical (unpaired) electrons. The van der Waals surface area contributed by atoms with Crippen LogP contribution in [0.5, 0.6) is 0 Å². The first-order chi connectivity index (χ1) is 9.99. The number of aromatic nitrogens is 3. The summed E-state index contributed by atoms with van der Waals surface area (Å²) in [4.78, 5) is 17.2. The SMILES string of the molecule is Cc1cnn(C)c1C(=O)N=c1sc2cccc(Cl)c2n1C. The first-order valence-corrected chi connectivity index (χ1v) is 7.50. The van der Waals surface area contributed by atoms with Gasteiger partial charge in [0.1, 0.15) is 5.69 Å². The Morgan fingerprint density at radius 1 is 1.38 bits per heavy atom. The summed E-state index contributed by atoms with van der Waals surface area (Å²) in [6, 6.07) is 5.68. The van der Waals surface area contributed by atoms with Gasteiger partial charge in [-0.3, -0.25) is 9.48 Å². The summed E-state index contributed by atoms with van der Waals surface area (Å²) < 4.78 is 4.38. The highest BCUT2D eigenvalue weighted by Crippen LogP contribution is 2.24. The maximum absolute atomic E-state index is 12.4. The smallest absolute Gasteiger partial charge is 0.298 e. The number of carbonyl (C=O) groups is 1. The first-order valence-electron chi connectivity index (χ1n) is 6.30. The molecular weight excluding hydrogens is 308 g/mol. The number of fused-ring (bicyclic) bond motifs is 1. The third-order valence-electron chi connectivity index (χ3n) is 3.29. The predicted molar refractivity (Wildman–Crippen MR) is 83.6 cm³/mol. The van der Waals surface area contributed by atoms with E-state index in [0.29, 0.717) is 15.5 Å². The molecule has 0 aliphatic heterocycles. The zero-order valence-electron chi connectivity index (χ0n) is 11.8. The Bertz CT molecular complexity index is 899. The number of benzene rings is 1. The van der Waals surface area contributed by atoms with E-state index in [1.807, 2.05) is 36.7 Å². The van der Waals surface area contributed by atoms with Crippen molar-refractivity contribution in [2.24, 2.45) is 19.1 Å². The lowest BCUT2D eigenvalue weighted by Crippen LogP contribution is -2.15. The van der Waals surface area contributed by atoms with E-state index in [1.54, 1.807) is 17.9 Å². The van der Waals surface area contributed by atoms with Crippen molar-refractivity contribution < 1.29 is 4.79 Å². The molecule has 1 amide bonds. The number of aryl methyl sites for hydroxylation is 3. The lowest BCUT2D eigenvalue weighted by Gasteiger charge is -1.99. The fraction of sp³-hybridized carbons (Fsp3) is 0.214. The fourth-order valence-electron chi connectivity index (χ4n) is 2.26. The van der Waals surface area contributed by atoms with Crippen LogP contribution in [0.2, 0.25) is 5.02 Å². The van der Waals surface area contributed by atoms with Crippen LogP contribution in [0.3, 0.4) is 0 Å². The number of hydrogen-bond acceptors (Lipinski definition) is 3. The number of nitrogens with zero attached hydrogens (tertiary/aromatic N) is 4. The molecule has 3 aromatic rings. The molecule has 1 aromatic carbocycles. The highest BCUT2D eigenvalue weighted by molar-refractivity contribution is 7.16. The van der Waals surface area contributed by atoms with E-state index in [2.05, 4.69) is 10.1 Å². The molecule has 0 N–H and O–H groups in total. The summed E-state index contributed by atoms with van der Waals surface area (Å²) in [5.41, 5.74) is 2.20. The Labute approximate surface area is 130 Å². The predicted octanol–water partition coefficient (Wildman–Crippen LogP) is 2.68. The fourth-order valence-corrected chi connectivity index (χ4v) is 3.66. The zero-order valence-corrected chi connectivity index (χ0v) is 13.4. The number of rotatable bonds is 1. The van der Waals surface area contributed by atoms with Gasteiger partial charge in [-0.2, -0.15) is 10.1 Å². The monoisotopic (exact) mass is 320 g/mol. The number of amides is 1. The van der Waals surface area contributed by atoms with Crippen LogP contribution in [-0.4, -0.2) is 20.3 Å². The van der Waals surface area contributed by atoms with Crippen molar-refractivity contribution in [1.82, 2.24) is 14.3 Å². The second-order valence-electron chi connectivity index (χ2n) is 4.75. The molecule has 0 saturated heterocycles. The Kier molecular flexibility index (Phi) is 3.43. The van der Waals surface area contributed by atoms with Gasteiger partial charge in [0, 0.05) is 19.7 Å². The minimum absolute atomic E-state index is 0.300. The van der Waals surface area contributed by atoms with E-state index in [-0.39, 0.29) is 5.91 Å². The van der Waals surface area contributed by atoms with Crippen LogP contribution in [0.25, 0.3) is 10.2 Å². The molecule has 0 unspecified atom stereocenters. The van der Waals surface area contributed by atoms with Crippen molar-refractivity contribution in [3.05, 3.63) is 45.5 Å². The van der Waals surface area contributed by atoms with Gasteiger partial charge in [-0.1, -0.05) is 29.0 Å². The van der Waals surface area contributed by atoms with E-state index in [1.165, 1.54) is 11.3 Å². The summed E-state index contributed by atoms with van der Waals surface area (Å²) in [5.74, 6) is -0.300. The highest BCUT2D eigenvalue weighted by atomic mass is 35.5. The van der Waals surface area contributed by atoms with Crippen molar-refractivity contribution in [3.63, 3.8) is 0 Å². The Balaban J connectivity index is 2.19. The van der Waals surface area contributed by atoms with Gasteiger partial charge in [0.15, 0.2) is 4.80 Å². The third-order valence-corrected chi connectivity index (χ3v) is 4.70. The van der Waals surface area contributed by atoms with Crippen LogP contribution in [0.1, 0.15) is 16.1 Å². The lowest BCUT2D eigenvalue weighted by molar-refractivity contribution is 0.0988. The van der Waals surface area contributed by atoms with Gasteiger partial charge in [-0.15, -0.1) is 0 Å². The molecule has 0 aliphatic rings. The number of carbonyl (C=O) groups excluding carboxylic acids is 1. The van der Waals surface area contributed by atoms with Crippen molar-refractivity contribution >= 4 is 39.1 Å². The molecule has 3 rings (SSSR count). The van der Waals surface area contributed by atoms with Crippen LogP contribution in [-0.2, 0) is 14.1 Å². The topological polar surface area (TPSA) is 52.2 Å². The highest BCUT2D eigenvalue weighted by Gasteiger charge is 2.14. The lowest BCUT2D eigenvalue weighted by atomic mass is 10.3. The van der Waals surface area contributed by atoms with Gasteiger partial charge in [-0.05, 0) is 19.1 Å². The van der Waals surface area contributed by atoms with Gasteiger partial charge >= 0.3 is 0 Å². The average Bonchev–Trinajstić information content (AvgIpc) is 2.92. The van der Waals surface area contributed by atoms with E-state index in [4.69, 9.17) is 11.6 Å². The molecule has 108 valence electrons. The minimum atomic E-state index is -0.300. The molecule has 2 aromatic heterocycles. The maximum Gasteiger partial charge on any atom is 0.298 e. The second-order valence-corrected chi connectivity index (χ2v) is 6.16. The quantitative estimate of drug-likeness (QED) is 0.692. The van der Waals surface area contributed by atoms with E-state index >= 15 is 0 Å². The van der Waals surface area contributed by atoms with Gasteiger partial charge in [0.05, 0.1) is 21.4 Å². The van der Waals surface area contributed by atoms with Crippen molar-refractivity contribution in [1.29, 1.82) is 0 Å². The average molecular weight is 321 g/mol. The van der Waals surface area contributed by atoms with Gasteiger partial charge < -0.3 is 4.57 Å². The number of thiazole rings is 1. The summed E-state index contributed by atoms with van der Waals surface area (Å²) in [6.07, 6.45) is 1.66. The normalized spacial score (nSPS) is 12.3. The van der Waals surface area contributed by atoms with Gasteiger partial charge in [0.25, 0.3) is 5.91 Å². The van der Waals surface area contributed by atoms with Gasteiger partial charge in [-0.25, -0.2) is 0 Å². The Morgan fingerprint density at radius 3 is 2.76 bits per heavy atom. The van der Waals surface area contributed by atoms with E-state index < -0.39 is 0 Å². The molecule has 7 heteroatoms. The van der Waals surface area contributed by atoms with Crippen LogP contribution in [0.15, 0.2) is 29.4 Å². The molecule has 0 saturated carbocycles. The summed E-state index contributed by atoms with van der Waals surface area (Å²) in [6.45, 7) is 1.84. The molecule has 0 spiro atoms. The maximum atomic E-state index is 12.4. The summed E-state index contributed by atoms with van der Waals surface area (Å²) in [7, 11) is 3.59. The molecule has 0 bridgehead atoms. The third kappa shape index (κ3) is 2.30. The number of halogens is 1.